The molecular weight excluding hydrogens is 264 g/mol. The van der Waals surface area contributed by atoms with Gasteiger partial charge in [-0.1, -0.05) is 17.3 Å². The SMILES string of the molecule is c1cc(-c2nc(C3CCCNC3)no2)c2cccnc2c1. The van der Waals surface area contributed by atoms with Gasteiger partial charge in [-0.2, -0.15) is 4.98 Å². The molecule has 1 saturated heterocycles. The second-order valence-electron chi connectivity index (χ2n) is 5.38. The van der Waals surface area contributed by atoms with Crippen LogP contribution in [-0.2, 0) is 0 Å². The molecule has 1 aliphatic rings. The highest BCUT2D eigenvalue weighted by Crippen LogP contribution is 2.28. The van der Waals surface area contributed by atoms with E-state index in [9.17, 15) is 0 Å². The van der Waals surface area contributed by atoms with Gasteiger partial charge in [0.15, 0.2) is 5.82 Å². The molecule has 0 bridgehead atoms. The van der Waals surface area contributed by atoms with Crippen LogP contribution in [-0.4, -0.2) is 28.2 Å². The molecule has 0 saturated carbocycles. The lowest BCUT2D eigenvalue weighted by atomic mass is 9.99. The van der Waals surface area contributed by atoms with Crippen LogP contribution >= 0.6 is 0 Å². The quantitative estimate of drug-likeness (QED) is 0.782. The Morgan fingerprint density at radius 3 is 3.10 bits per heavy atom. The molecule has 1 fully saturated rings. The molecule has 21 heavy (non-hydrogen) atoms. The van der Waals surface area contributed by atoms with Crippen molar-refractivity contribution in [1.82, 2.24) is 20.4 Å². The summed E-state index contributed by atoms with van der Waals surface area (Å²) in [6.45, 7) is 2.01. The fourth-order valence-electron chi connectivity index (χ4n) is 2.87. The molecule has 1 atom stereocenters. The minimum absolute atomic E-state index is 0.351. The van der Waals surface area contributed by atoms with Crippen LogP contribution in [0, 0.1) is 0 Å². The third-order valence-corrected chi connectivity index (χ3v) is 3.98. The summed E-state index contributed by atoms with van der Waals surface area (Å²) in [5.74, 6) is 1.73. The van der Waals surface area contributed by atoms with E-state index in [1.807, 2.05) is 30.3 Å². The number of rotatable bonds is 2. The molecule has 1 aromatic carbocycles. The first kappa shape index (κ1) is 12.5. The van der Waals surface area contributed by atoms with E-state index in [1.54, 1.807) is 6.20 Å². The van der Waals surface area contributed by atoms with E-state index in [0.717, 1.165) is 48.2 Å². The molecule has 1 N–H and O–H groups in total. The van der Waals surface area contributed by atoms with Crippen molar-refractivity contribution in [3.8, 4) is 11.5 Å². The highest BCUT2D eigenvalue weighted by atomic mass is 16.5. The molecule has 1 aliphatic heterocycles. The molecular formula is C16H16N4O. The van der Waals surface area contributed by atoms with E-state index in [1.165, 1.54) is 0 Å². The van der Waals surface area contributed by atoms with Crippen LogP contribution in [0.4, 0.5) is 0 Å². The number of benzene rings is 1. The van der Waals surface area contributed by atoms with E-state index in [-0.39, 0.29) is 0 Å². The lowest BCUT2D eigenvalue weighted by Gasteiger charge is -2.19. The molecule has 0 spiro atoms. The van der Waals surface area contributed by atoms with Gasteiger partial charge in [0.25, 0.3) is 5.89 Å². The zero-order valence-corrected chi connectivity index (χ0v) is 11.6. The van der Waals surface area contributed by atoms with Crippen molar-refractivity contribution in [3.63, 3.8) is 0 Å². The summed E-state index contributed by atoms with van der Waals surface area (Å²) in [6.07, 6.45) is 4.06. The average Bonchev–Trinajstić information content (AvgIpc) is 3.05. The minimum Gasteiger partial charge on any atom is -0.334 e. The number of fused-ring (bicyclic) bond motifs is 1. The summed E-state index contributed by atoms with van der Waals surface area (Å²) < 4.78 is 5.50. The van der Waals surface area contributed by atoms with Crippen molar-refractivity contribution in [3.05, 3.63) is 42.4 Å². The van der Waals surface area contributed by atoms with Crippen LogP contribution in [0.3, 0.4) is 0 Å². The Kier molecular flexibility index (Phi) is 3.12. The standard InChI is InChI=1S/C16H16N4O/c1-5-13(12-6-3-9-18-14(12)7-1)16-19-15(20-21-16)11-4-2-8-17-10-11/h1,3,5-7,9,11,17H,2,4,8,10H2. The summed E-state index contributed by atoms with van der Waals surface area (Å²) in [5.41, 5.74) is 1.89. The Balaban J connectivity index is 1.74. The summed E-state index contributed by atoms with van der Waals surface area (Å²) in [5, 5.41) is 8.60. The smallest absolute Gasteiger partial charge is 0.258 e. The molecule has 0 aliphatic carbocycles. The fraction of sp³-hybridized carbons (Fsp3) is 0.312. The van der Waals surface area contributed by atoms with Gasteiger partial charge in [-0.25, -0.2) is 0 Å². The highest BCUT2D eigenvalue weighted by molar-refractivity contribution is 5.92. The van der Waals surface area contributed by atoms with E-state index in [0.29, 0.717) is 11.8 Å². The third kappa shape index (κ3) is 2.29. The predicted molar refractivity (Wildman–Crippen MR) is 79.9 cm³/mol. The Hall–Kier alpha value is -2.27. The summed E-state index contributed by atoms with van der Waals surface area (Å²) in [7, 11) is 0. The van der Waals surface area contributed by atoms with Gasteiger partial charge in [0.05, 0.1) is 5.52 Å². The maximum Gasteiger partial charge on any atom is 0.258 e. The third-order valence-electron chi connectivity index (χ3n) is 3.98. The minimum atomic E-state index is 0.351. The van der Waals surface area contributed by atoms with E-state index in [2.05, 4.69) is 20.4 Å². The second kappa shape index (κ2) is 5.26. The Morgan fingerprint density at radius 2 is 2.19 bits per heavy atom. The van der Waals surface area contributed by atoms with Gasteiger partial charge in [0.2, 0.25) is 0 Å². The molecule has 5 heteroatoms. The van der Waals surface area contributed by atoms with Gasteiger partial charge in [-0.3, -0.25) is 4.98 Å². The molecule has 3 aromatic rings. The Labute approximate surface area is 122 Å². The topological polar surface area (TPSA) is 63.8 Å². The van der Waals surface area contributed by atoms with Crippen LogP contribution < -0.4 is 5.32 Å². The summed E-state index contributed by atoms with van der Waals surface area (Å²) in [6, 6.07) is 9.91. The fourth-order valence-corrected chi connectivity index (χ4v) is 2.87. The Morgan fingerprint density at radius 1 is 1.19 bits per heavy atom. The predicted octanol–water partition coefficient (Wildman–Crippen LogP) is 2.75. The second-order valence-corrected chi connectivity index (χ2v) is 5.38. The first-order valence-electron chi connectivity index (χ1n) is 7.30. The molecule has 2 aromatic heterocycles. The molecule has 106 valence electrons. The number of pyridine rings is 1. The van der Waals surface area contributed by atoms with Gasteiger partial charge in [0.1, 0.15) is 0 Å². The van der Waals surface area contributed by atoms with Crippen LogP contribution in [0.2, 0.25) is 0 Å². The van der Waals surface area contributed by atoms with Crippen molar-refractivity contribution >= 4 is 10.9 Å². The van der Waals surface area contributed by atoms with Crippen LogP contribution in [0.5, 0.6) is 0 Å². The number of piperidine rings is 1. The molecule has 4 rings (SSSR count). The van der Waals surface area contributed by atoms with Crippen LogP contribution in [0.1, 0.15) is 24.6 Å². The number of hydrogen-bond acceptors (Lipinski definition) is 5. The molecule has 0 amide bonds. The number of nitrogens with zero attached hydrogens (tertiary/aromatic N) is 3. The van der Waals surface area contributed by atoms with Crippen LogP contribution in [0.25, 0.3) is 22.4 Å². The van der Waals surface area contributed by atoms with E-state index in [4.69, 9.17) is 4.52 Å². The lowest BCUT2D eigenvalue weighted by Crippen LogP contribution is -2.28. The highest BCUT2D eigenvalue weighted by Gasteiger charge is 2.21. The maximum absolute atomic E-state index is 5.50. The zero-order valence-electron chi connectivity index (χ0n) is 11.6. The normalized spacial score (nSPS) is 19.0. The van der Waals surface area contributed by atoms with Gasteiger partial charge in [-0.05, 0) is 37.6 Å². The number of aromatic nitrogens is 3. The Bertz CT molecular complexity index is 756. The van der Waals surface area contributed by atoms with Gasteiger partial charge in [-0.15, -0.1) is 0 Å². The zero-order chi connectivity index (χ0) is 14.1. The summed E-state index contributed by atoms with van der Waals surface area (Å²) >= 11 is 0. The van der Waals surface area contributed by atoms with E-state index < -0.39 is 0 Å². The van der Waals surface area contributed by atoms with E-state index >= 15 is 0 Å². The number of nitrogens with one attached hydrogen (secondary N) is 1. The van der Waals surface area contributed by atoms with Gasteiger partial charge in [0, 0.05) is 29.6 Å². The molecule has 5 nitrogen and oxygen atoms in total. The first-order valence-corrected chi connectivity index (χ1v) is 7.30. The van der Waals surface area contributed by atoms with Crippen LogP contribution in [0.15, 0.2) is 41.1 Å². The van der Waals surface area contributed by atoms with Crippen molar-refractivity contribution in [2.45, 2.75) is 18.8 Å². The van der Waals surface area contributed by atoms with Crippen molar-refractivity contribution in [1.29, 1.82) is 0 Å². The molecule has 3 heterocycles. The van der Waals surface area contributed by atoms with Crippen molar-refractivity contribution in [2.24, 2.45) is 0 Å². The monoisotopic (exact) mass is 280 g/mol. The van der Waals surface area contributed by atoms with Gasteiger partial charge < -0.3 is 9.84 Å². The first-order chi connectivity index (χ1) is 10.4. The lowest BCUT2D eigenvalue weighted by molar-refractivity contribution is 0.393. The summed E-state index contributed by atoms with van der Waals surface area (Å²) in [4.78, 5) is 8.97. The average molecular weight is 280 g/mol. The maximum atomic E-state index is 5.50. The van der Waals surface area contributed by atoms with Crippen molar-refractivity contribution < 1.29 is 4.52 Å². The molecule has 1 unspecified atom stereocenters. The molecule has 0 radical (unpaired) electrons. The van der Waals surface area contributed by atoms with Gasteiger partial charge >= 0.3 is 0 Å². The number of hydrogen-bond donors (Lipinski definition) is 1. The van der Waals surface area contributed by atoms with Crippen molar-refractivity contribution in [2.75, 3.05) is 13.1 Å². The largest absolute Gasteiger partial charge is 0.334 e.